The normalized spacial score (nSPS) is 41.7. The van der Waals surface area contributed by atoms with Gasteiger partial charge in [-0.25, -0.2) is 0 Å². The summed E-state index contributed by atoms with van der Waals surface area (Å²) < 4.78 is 0. The minimum absolute atomic E-state index is 0.503. The molecule has 4 aliphatic heterocycles. The van der Waals surface area contributed by atoms with Gasteiger partial charge in [0.2, 0.25) is 0 Å². The molecule has 4 fully saturated rings. The summed E-state index contributed by atoms with van der Waals surface area (Å²) >= 11 is 10.2. The van der Waals surface area contributed by atoms with Gasteiger partial charge in [-0.1, -0.05) is 17.7 Å². The van der Waals surface area contributed by atoms with Crippen LogP contribution in [0.1, 0.15) is 0 Å². The van der Waals surface area contributed by atoms with E-state index in [9.17, 15) is 0 Å². The maximum atomic E-state index is 5.13. The quantitative estimate of drug-likeness (QED) is 0.643. The Morgan fingerprint density at radius 2 is 1.13 bits per heavy atom. The van der Waals surface area contributed by atoms with Gasteiger partial charge in [0.1, 0.15) is 0 Å². The smallest absolute Gasteiger partial charge is 0.0555 e. The first-order valence-electron chi connectivity index (χ1n) is 5.02. The van der Waals surface area contributed by atoms with Crippen LogP contribution in [0.25, 0.3) is 0 Å². The average Bonchev–Trinajstić information content (AvgIpc) is 2.17. The first-order valence-corrected chi connectivity index (χ1v) is 5.99. The average molecular weight is 251 g/mol. The molecule has 0 aromatic heterocycles. The maximum absolute atomic E-state index is 5.13. The van der Waals surface area contributed by atoms with Gasteiger partial charge in [0.15, 0.2) is 0 Å². The van der Waals surface area contributed by atoms with Crippen LogP contribution in [0.2, 0.25) is 0 Å². The fraction of sp³-hybridized carbons (Fsp3) is 0.778. The molecule has 0 N–H and O–H groups in total. The molecule has 4 nitrogen and oxygen atoms in total. The Morgan fingerprint density at radius 1 is 0.800 bits per heavy atom. The second kappa shape index (κ2) is 5.48. The Balaban J connectivity index is 0.000000149. The van der Waals surface area contributed by atoms with Gasteiger partial charge < -0.3 is 0 Å². The fourth-order valence-electron chi connectivity index (χ4n) is 2.27. The second-order valence-electron chi connectivity index (χ2n) is 4.05. The molecule has 4 rings (SSSR count). The highest BCUT2D eigenvalue weighted by Crippen LogP contribution is 2.20. The van der Waals surface area contributed by atoms with Gasteiger partial charge in [0.05, 0.1) is 40.0 Å². The molecule has 0 amide bonds. The van der Waals surface area contributed by atoms with Crippen LogP contribution in [0.15, 0.2) is 11.6 Å². The monoisotopic (exact) mass is 250 g/mol. The van der Waals surface area contributed by atoms with Crippen molar-refractivity contribution in [3.8, 4) is 0 Å². The molecule has 0 aromatic carbocycles. The van der Waals surface area contributed by atoms with Crippen molar-refractivity contribution in [1.82, 2.24) is 19.6 Å². The minimum atomic E-state index is 0.503. The highest BCUT2D eigenvalue weighted by atomic mass is 35.5. The molecule has 15 heavy (non-hydrogen) atoms. The molecule has 4 bridgehead atoms. The molecule has 4 aliphatic rings. The van der Waals surface area contributed by atoms with Crippen molar-refractivity contribution in [2.45, 2.75) is 0 Å². The van der Waals surface area contributed by atoms with Crippen molar-refractivity contribution in [2.24, 2.45) is 0 Å². The molecule has 0 saturated carbocycles. The van der Waals surface area contributed by atoms with Crippen molar-refractivity contribution in [1.29, 1.82) is 0 Å². The number of halogens is 2. The lowest BCUT2D eigenvalue weighted by Gasteiger charge is -2.56. The van der Waals surface area contributed by atoms with Crippen LogP contribution in [0.4, 0.5) is 0 Å². The van der Waals surface area contributed by atoms with E-state index in [1.54, 1.807) is 6.08 Å². The summed E-state index contributed by atoms with van der Waals surface area (Å²) in [4.78, 5) is 9.88. The minimum Gasteiger partial charge on any atom is -0.264 e. The maximum Gasteiger partial charge on any atom is 0.0555 e. The predicted octanol–water partition coefficient (Wildman–Crippen LogP) is 0.958. The van der Waals surface area contributed by atoms with Crippen LogP contribution in [0.5, 0.6) is 0 Å². The van der Waals surface area contributed by atoms with E-state index in [2.05, 4.69) is 19.6 Å². The van der Waals surface area contributed by atoms with Crippen molar-refractivity contribution < 1.29 is 0 Å². The number of alkyl halides is 1. The second-order valence-corrected chi connectivity index (χ2v) is 4.61. The van der Waals surface area contributed by atoms with E-state index in [4.69, 9.17) is 23.2 Å². The Hall–Kier alpha value is 0.160. The van der Waals surface area contributed by atoms with Crippen LogP contribution in [0.3, 0.4) is 0 Å². The van der Waals surface area contributed by atoms with Crippen LogP contribution in [-0.4, -0.2) is 65.5 Å². The third-order valence-corrected chi connectivity index (χ3v) is 2.93. The Morgan fingerprint density at radius 3 is 1.27 bits per heavy atom. The van der Waals surface area contributed by atoms with Crippen LogP contribution < -0.4 is 0 Å². The standard InChI is InChI=1S/C6H12N4.C3H4Cl2/c1-7-2-9-4-8(1)5-10(3-7)6-9;4-2-1-3-5/h1-6H2;1-2H,3H2/b;2-1-. The molecular weight excluding hydrogens is 235 g/mol. The van der Waals surface area contributed by atoms with Crippen LogP contribution in [0, 0.1) is 0 Å². The predicted molar refractivity (Wildman–Crippen MR) is 62.3 cm³/mol. The largest absolute Gasteiger partial charge is 0.264 e. The Kier molecular flexibility index (Phi) is 4.25. The molecule has 0 spiro atoms. The van der Waals surface area contributed by atoms with Gasteiger partial charge in [-0.15, -0.1) is 11.6 Å². The number of rotatable bonds is 1. The van der Waals surface area contributed by atoms with Crippen molar-refractivity contribution in [3.63, 3.8) is 0 Å². The fourth-order valence-corrected chi connectivity index (χ4v) is 2.54. The first kappa shape index (κ1) is 11.6. The van der Waals surface area contributed by atoms with Gasteiger partial charge >= 0.3 is 0 Å². The zero-order chi connectivity index (χ0) is 10.7. The highest BCUT2D eigenvalue weighted by molar-refractivity contribution is 6.26. The van der Waals surface area contributed by atoms with E-state index in [0.717, 1.165) is 0 Å². The molecule has 0 unspecified atom stereocenters. The lowest BCUT2D eigenvalue weighted by Crippen LogP contribution is -2.71. The molecular formula is C9H16Cl2N4. The summed E-state index contributed by atoms with van der Waals surface area (Å²) in [6, 6.07) is 0. The van der Waals surface area contributed by atoms with Crippen molar-refractivity contribution in [2.75, 3.05) is 45.9 Å². The van der Waals surface area contributed by atoms with E-state index in [1.807, 2.05) is 0 Å². The van der Waals surface area contributed by atoms with Gasteiger partial charge in [-0.05, 0) is 0 Å². The summed E-state index contributed by atoms with van der Waals surface area (Å²) in [5.41, 5.74) is 1.40. The van der Waals surface area contributed by atoms with E-state index in [-0.39, 0.29) is 0 Å². The van der Waals surface area contributed by atoms with Crippen molar-refractivity contribution in [3.05, 3.63) is 11.6 Å². The van der Waals surface area contributed by atoms with Crippen molar-refractivity contribution >= 4 is 23.2 Å². The zero-order valence-corrected chi connectivity index (χ0v) is 10.2. The molecule has 6 heteroatoms. The lowest BCUT2D eigenvalue weighted by molar-refractivity contribution is -0.194. The van der Waals surface area contributed by atoms with Gasteiger partial charge in [0.25, 0.3) is 0 Å². The molecule has 0 atom stereocenters. The van der Waals surface area contributed by atoms with E-state index in [1.165, 1.54) is 45.5 Å². The summed E-state index contributed by atoms with van der Waals surface area (Å²) in [5, 5.41) is 0. The summed E-state index contributed by atoms with van der Waals surface area (Å²) in [6.45, 7) is 7.12. The first-order chi connectivity index (χ1) is 7.31. The summed E-state index contributed by atoms with van der Waals surface area (Å²) in [7, 11) is 0. The molecule has 86 valence electrons. The van der Waals surface area contributed by atoms with Crippen LogP contribution in [-0.2, 0) is 0 Å². The van der Waals surface area contributed by atoms with E-state index >= 15 is 0 Å². The highest BCUT2D eigenvalue weighted by Gasteiger charge is 2.36. The van der Waals surface area contributed by atoms with Gasteiger partial charge in [-0.2, -0.15) is 0 Å². The topological polar surface area (TPSA) is 13.0 Å². The van der Waals surface area contributed by atoms with E-state index in [0.29, 0.717) is 5.88 Å². The molecule has 4 saturated heterocycles. The summed E-state index contributed by atoms with van der Waals surface area (Å²) in [6.07, 6.45) is 1.66. The van der Waals surface area contributed by atoms with Crippen LogP contribution >= 0.6 is 23.2 Å². The molecule has 0 radical (unpaired) electrons. The molecule has 0 aliphatic carbocycles. The SMILES string of the molecule is C1N2CN3CN1CN(C2)C3.Cl/C=C\CCl. The Labute approximate surface area is 101 Å². The summed E-state index contributed by atoms with van der Waals surface area (Å²) in [5.74, 6) is 0.503. The van der Waals surface area contributed by atoms with E-state index < -0.39 is 0 Å². The third kappa shape index (κ3) is 3.06. The number of allylic oxidation sites excluding steroid dienone is 1. The van der Waals surface area contributed by atoms with Gasteiger partial charge in [0, 0.05) is 11.4 Å². The number of nitrogens with zero attached hydrogens (tertiary/aromatic N) is 4. The zero-order valence-electron chi connectivity index (χ0n) is 8.65. The number of hydrogen-bond acceptors (Lipinski definition) is 4. The third-order valence-electron chi connectivity index (χ3n) is 2.58. The molecule has 4 heterocycles. The Bertz CT molecular complexity index is 178. The lowest BCUT2D eigenvalue weighted by atomic mass is 10.4. The molecule has 0 aromatic rings. The number of hydrogen-bond donors (Lipinski definition) is 0. The van der Waals surface area contributed by atoms with Gasteiger partial charge in [-0.3, -0.25) is 19.6 Å².